The van der Waals surface area contributed by atoms with Gasteiger partial charge >= 0.3 is 0 Å². The Kier molecular flexibility index (Phi) is 3.64. The molecule has 0 aliphatic carbocycles. The summed E-state index contributed by atoms with van der Waals surface area (Å²) in [5, 5.41) is 0.260. The summed E-state index contributed by atoms with van der Waals surface area (Å²) in [4.78, 5) is 0. The highest BCUT2D eigenvalue weighted by Gasteiger charge is 2.19. The van der Waals surface area contributed by atoms with E-state index in [2.05, 4.69) is 15.9 Å². The second-order valence-electron chi connectivity index (χ2n) is 2.53. The van der Waals surface area contributed by atoms with Crippen molar-refractivity contribution in [2.45, 2.75) is 12.5 Å². The minimum Gasteiger partial charge on any atom is -0.319 e. The molecular formula is C8H7BrClF2N. The molecule has 0 fully saturated rings. The molecule has 0 bridgehead atoms. The molecule has 0 aliphatic heterocycles. The summed E-state index contributed by atoms with van der Waals surface area (Å²) in [7, 11) is 0. The van der Waals surface area contributed by atoms with E-state index >= 15 is 0 Å². The molecule has 1 unspecified atom stereocenters. The van der Waals surface area contributed by atoms with Crippen LogP contribution in [-0.2, 0) is 0 Å². The lowest BCUT2D eigenvalue weighted by molar-refractivity contribution is 0.116. The molecule has 1 atom stereocenters. The summed E-state index contributed by atoms with van der Waals surface area (Å²) in [6.07, 6.45) is -2.60. The average Bonchev–Trinajstić information content (AvgIpc) is 2.08. The van der Waals surface area contributed by atoms with Crippen LogP contribution in [0.4, 0.5) is 8.78 Å². The van der Waals surface area contributed by atoms with Crippen molar-refractivity contribution in [1.82, 2.24) is 0 Å². The molecule has 0 aliphatic rings. The van der Waals surface area contributed by atoms with E-state index in [0.29, 0.717) is 4.47 Å². The van der Waals surface area contributed by atoms with E-state index in [0.717, 1.165) is 0 Å². The Balaban J connectivity index is 3.05. The van der Waals surface area contributed by atoms with Crippen LogP contribution in [0.5, 0.6) is 0 Å². The van der Waals surface area contributed by atoms with Crippen LogP contribution in [-0.4, -0.2) is 6.43 Å². The molecule has 0 aromatic heterocycles. The molecule has 13 heavy (non-hydrogen) atoms. The van der Waals surface area contributed by atoms with Gasteiger partial charge in [0.1, 0.15) is 0 Å². The quantitative estimate of drug-likeness (QED) is 0.876. The lowest BCUT2D eigenvalue weighted by atomic mass is 10.1. The molecule has 0 amide bonds. The maximum atomic E-state index is 12.2. The highest BCUT2D eigenvalue weighted by molar-refractivity contribution is 9.10. The summed E-state index contributed by atoms with van der Waals surface area (Å²) in [6.45, 7) is 0. The van der Waals surface area contributed by atoms with Crippen molar-refractivity contribution in [2.75, 3.05) is 0 Å². The number of hydrogen-bond donors (Lipinski definition) is 1. The molecule has 1 rings (SSSR count). The SMILES string of the molecule is NC(c1cc(Br)ccc1Cl)C(F)F. The standard InChI is InChI=1S/C8H7BrClF2N/c9-4-1-2-6(10)5(3-4)7(13)8(11)12/h1-3,7-8H,13H2. The first-order valence-corrected chi connectivity index (χ1v) is 4.68. The molecule has 0 spiro atoms. The van der Waals surface area contributed by atoms with Crippen LogP contribution in [0.1, 0.15) is 11.6 Å². The van der Waals surface area contributed by atoms with Crippen molar-refractivity contribution in [2.24, 2.45) is 5.73 Å². The van der Waals surface area contributed by atoms with E-state index in [1.54, 1.807) is 6.07 Å². The summed E-state index contributed by atoms with van der Waals surface area (Å²) >= 11 is 8.86. The molecule has 0 saturated heterocycles. The first kappa shape index (κ1) is 10.9. The van der Waals surface area contributed by atoms with Crippen molar-refractivity contribution < 1.29 is 8.78 Å². The number of alkyl halides is 2. The van der Waals surface area contributed by atoms with Gasteiger partial charge in [-0.25, -0.2) is 8.78 Å². The van der Waals surface area contributed by atoms with Crippen LogP contribution in [0.15, 0.2) is 22.7 Å². The highest BCUT2D eigenvalue weighted by atomic mass is 79.9. The van der Waals surface area contributed by atoms with Crippen molar-refractivity contribution in [3.63, 3.8) is 0 Å². The van der Waals surface area contributed by atoms with Crippen molar-refractivity contribution >= 4 is 27.5 Å². The molecule has 0 heterocycles. The lowest BCUT2D eigenvalue weighted by Gasteiger charge is -2.12. The normalized spacial score (nSPS) is 13.4. The molecular weight excluding hydrogens is 263 g/mol. The molecule has 1 nitrogen and oxygen atoms in total. The third kappa shape index (κ3) is 2.62. The summed E-state index contributed by atoms with van der Waals surface area (Å²) in [6, 6.07) is 3.37. The smallest absolute Gasteiger partial charge is 0.257 e. The van der Waals surface area contributed by atoms with Gasteiger partial charge < -0.3 is 5.73 Å². The van der Waals surface area contributed by atoms with E-state index in [1.165, 1.54) is 12.1 Å². The van der Waals surface area contributed by atoms with Crippen molar-refractivity contribution in [1.29, 1.82) is 0 Å². The summed E-state index contributed by atoms with van der Waals surface area (Å²) in [5.74, 6) is 0. The number of hydrogen-bond acceptors (Lipinski definition) is 1. The topological polar surface area (TPSA) is 26.0 Å². The zero-order valence-corrected chi connectivity index (χ0v) is 8.82. The maximum absolute atomic E-state index is 12.2. The summed E-state index contributed by atoms with van der Waals surface area (Å²) in [5.41, 5.74) is 5.51. The van der Waals surface area contributed by atoms with Gasteiger partial charge in [-0.2, -0.15) is 0 Å². The van der Waals surface area contributed by atoms with Crippen molar-refractivity contribution in [3.8, 4) is 0 Å². The monoisotopic (exact) mass is 269 g/mol. The van der Waals surface area contributed by atoms with Crippen LogP contribution in [0, 0.1) is 0 Å². The zero-order valence-electron chi connectivity index (χ0n) is 6.48. The Morgan fingerprint density at radius 2 is 2.00 bits per heavy atom. The minimum atomic E-state index is -2.60. The number of benzene rings is 1. The van der Waals surface area contributed by atoms with Crippen LogP contribution in [0.25, 0.3) is 0 Å². The van der Waals surface area contributed by atoms with E-state index in [-0.39, 0.29) is 10.6 Å². The van der Waals surface area contributed by atoms with Crippen LogP contribution in [0.3, 0.4) is 0 Å². The number of halogens is 4. The van der Waals surface area contributed by atoms with Gasteiger partial charge in [0, 0.05) is 9.50 Å². The third-order valence-corrected chi connectivity index (χ3v) is 2.43. The molecule has 0 saturated carbocycles. The maximum Gasteiger partial charge on any atom is 0.257 e. The highest BCUT2D eigenvalue weighted by Crippen LogP contribution is 2.28. The molecule has 2 N–H and O–H groups in total. The van der Waals surface area contributed by atoms with Gasteiger partial charge in [0.2, 0.25) is 0 Å². The van der Waals surface area contributed by atoms with E-state index in [1.807, 2.05) is 0 Å². The van der Waals surface area contributed by atoms with Gasteiger partial charge in [0.05, 0.1) is 6.04 Å². The summed E-state index contributed by atoms with van der Waals surface area (Å²) < 4.78 is 25.1. The van der Waals surface area contributed by atoms with Gasteiger partial charge in [-0.05, 0) is 23.8 Å². The first-order valence-electron chi connectivity index (χ1n) is 3.51. The van der Waals surface area contributed by atoms with E-state index < -0.39 is 12.5 Å². The second kappa shape index (κ2) is 4.35. The van der Waals surface area contributed by atoms with Gasteiger partial charge in [-0.3, -0.25) is 0 Å². The molecule has 0 radical (unpaired) electrons. The Morgan fingerprint density at radius 1 is 1.38 bits per heavy atom. The Bertz CT molecular complexity index is 306. The van der Waals surface area contributed by atoms with Crippen LogP contribution >= 0.6 is 27.5 Å². The third-order valence-electron chi connectivity index (χ3n) is 1.59. The second-order valence-corrected chi connectivity index (χ2v) is 3.85. The van der Waals surface area contributed by atoms with Crippen LogP contribution in [0.2, 0.25) is 5.02 Å². The van der Waals surface area contributed by atoms with Gasteiger partial charge in [-0.15, -0.1) is 0 Å². The number of rotatable bonds is 2. The number of nitrogens with two attached hydrogens (primary N) is 1. The Labute approximate surface area is 88.0 Å². The average molecular weight is 271 g/mol. The minimum absolute atomic E-state index is 0.256. The van der Waals surface area contributed by atoms with E-state index in [4.69, 9.17) is 17.3 Å². The zero-order chi connectivity index (χ0) is 10.0. The fourth-order valence-corrected chi connectivity index (χ4v) is 1.53. The molecule has 72 valence electrons. The fraction of sp³-hybridized carbons (Fsp3) is 0.250. The molecule has 5 heteroatoms. The molecule has 1 aromatic carbocycles. The fourth-order valence-electron chi connectivity index (χ4n) is 0.906. The predicted octanol–water partition coefficient (Wildman–Crippen LogP) is 3.37. The van der Waals surface area contributed by atoms with Gasteiger partial charge in [0.25, 0.3) is 6.43 Å². The van der Waals surface area contributed by atoms with Crippen LogP contribution < -0.4 is 5.73 Å². The Morgan fingerprint density at radius 3 is 2.54 bits per heavy atom. The molecule has 1 aromatic rings. The van der Waals surface area contributed by atoms with Gasteiger partial charge in [-0.1, -0.05) is 27.5 Å². The Hall–Kier alpha value is -0.190. The predicted molar refractivity (Wildman–Crippen MR) is 52.1 cm³/mol. The largest absolute Gasteiger partial charge is 0.319 e. The van der Waals surface area contributed by atoms with E-state index in [9.17, 15) is 8.78 Å². The van der Waals surface area contributed by atoms with Gasteiger partial charge in [0.15, 0.2) is 0 Å². The lowest BCUT2D eigenvalue weighted by Crippen LogP contribution is -2.19. The first-order chi connectivity index (χ1) is 6.02. The van der Waals surface area contributed by atoms with Crippen molar-refractivity contribution in [3.05, 3.63) is 33.3 Å².